The molecule has 2 rings (SSSR count). The summed E-state index contributed by atoms with van der Waals surface area (Å²) in [6.07, 6.45) is 4.82. The Balaban J connectivity index is 1.74. The quantitative estimate of drug-likeness (QED) is 0.610. The topological polar surface area (TPSA) is 58.6 Å². The van der Waals surface area contributed by atoms with Crippen molar-refractivity contribution in [3.63, 3.8) is 0 Å². The number of hydrogen-bond donors (Lipinski definition) is 1. The number of rotatable bonds is 4. The van der Waals surface area contributed by atoms with Crippen LogP contribution in [0.1, 0.15) is 32.1 Å². The summed E-state index contributed by atoms with van der Waals surface area (Å²) in [5.41, 5.74) is 2.55. The molecule has 0 bridgehead atoms. The van der Waals surface area contributed by atoms with E-state index in [0.717, 1.165) is 12.8 Å². The highest BCUT2D eigenvalue weighted by molar-refractivity contribution is 6.29. The molecule has 0 aromatic carbocycles. The number of amides is 2. The molecule has 5 nitrogen and oxygen atoms in total. The highest BCUT2D eigenvalue weighted by Gasteiger charge is 2.25. The van der Waals surface area contributed by atoms with Crippen LogP contribution in [-0.4, -0.2) is 29.4 Å². The molecule has 6 heteroatoms. The second-order valence-corrected chi connectivity index (χ2v) is 4.62. The van der Waals surface area contributed by atoms with Gasteiger partial charge in [0.25, 0.3) is 0 Å². The lowest BCUT2D eigenvalue weighted by Crippen LogP contribution is -2.40. The highest BCUT2D eigenvalue weighted by atomic mass is 35.5. The zero-order valence-electron chi connectivity index (χ0n) is 9.45. The Kier molecular flexibility index (Phi) is 4.02. The minimum Gasteiger partial charge on any atom is -0.283 e. The lowest BCUT2D eigenvalue weighted by Gasteiger charge is -2.24. The third kappa shape index (κ3) is 3.20. The smallest absolute Gasteiger partial charge is 0.229 e. The first kappa shape index (κ1) is 12.4. The Bertz CT molecular complexity index is 341. The van der Waals surface area contributed by atoms with E-state index in [1.807, 2.05) is 0 Å². The summed E-state index contributed by atoms with van der Waals surface area (Å²) in [6, 6.07) is 0. The Morgan fingerprint density at radius 2 is 2.12 bits per heavy atom. The Labute approximate surface area is 105 Å². The second-order valence-electron chi connectivity index (χ2n) is 4.21. The molecule has 1 saturated heterocycles. The second kappa shape index (κ2) is 5.51. The molecule has 0 aromatic rings. The van der Waals surface area contributed by atoms with Gasteiger partial charge in [0, 0.05) is 19.4 Å². The van der Waals surface area contributed by atoms with Gasteiger partial charge in [0.15, 0.2) is 0 Å². The van der Waals surface area contributed by atoms with Crippen molar-refractivity contribution in [2.75, 3.05) is 6.54 Å². The summed E-state index contributed by atoms with van der Waals surface area (Å²) in [6.45, 7) is 0.475. The van der Waals surface area contributed by atoms with Crippen LogP contribution in [0.5, 0.6) is 0 Å². The lowest BCUT2D eigenvalue weighted by atomic mass is 10.1. The average Bonchev–Trinajstić information content (AvgIpc) is 2.69. The number of halogens is 1. The van der Waals surface area contributed by atoms with Crippen LogP contribution in [0.15, 0.2) is 11.2 Å². The maximum absolute atomic E-state index is 11.5. The Hall–Kier alpha value is -1.07. The highest BCUT2D eigenvalue weighted by Crippen LogP contribution is 2.17. The van der Waals surface area contributed by atoms with Gasteiger partial charge in [-0.3, -0.25) is 24.8 Å². The molecule has 0 spiro atoms. The van der Waals surface area contributed by atoms with Gasteiger partial charge in [-0.15, -0.1) is 0 Å². The molecule has 0 aliphatic carbocycles. The van der Waals surface area contributed by atoms with Crippen LogP contribution in [0, 0.1) is 0 Å². The summed E-state index contributed by atoms with van der Waals surface area (Å²) in [7, 11) is 0. The number of hydroxylamine groups is 1. The van der Waals surface area contributed by atoms with Gasteiger partial charge in [-0.1, -0.05) is 11.6 Å². The number of piperidine rings is 1. The Morgan fingerprint density at radius 1 is 1.41 bits per heavy atom. The van der Waals surface area contributed by atoms with Gasteiger partial charge in [0.1, 0.15) is 11.3 Å². The first-order valence-electron chi connectivity index (χ1n) is 5.79. The lowest BCUT2D eigenvalue weighted by molar-refractivity contribution is -0.148. The van der Waals surface area contributed by atoms with E-state index in [9.17, 15) is 9.59 Å². The third-order valence-electron chi connectivity index (χ3n) is 2.89. The van der Waals surface area contributed by atoms with Crippen LogP contribution >= 0.6 is 11.6 Å². The number of nitrogens with one attached hydrogen (secondary N) is 1. The fraction of sp³-hybridized carbons (Fsp3) is 0.636. The number of carbonyl (C=O) groups is 2. The van der Waals surface area contributed by atoms with Crippen molar-refractivity contribution >= 4 is 23.4 Å². The maximum Gasteiger partial charge on any atom is 0.229 e. The normalized spacial score (nSPS) is 24.9. The van der Waals surface area contributed by atoms with Crippen molar-refractivity contribution in [3.05, 3.63) is 11.2 Å². The molecule has 2 heterocycles. The van der Waals surface area contributed by atoms with Gasteiger partial charge in [0.2, 0.25) is 11.8 Å². The van der Waals surface area contributed by atoms with Gasteiger partial charge >= 0.3 is 0 Å². The monoisotopic (exact) mass is 258 g/mol. The number of likely N-dealkylation sites (tertiary alicyclic amines) is 1. The SMILES string of the molecule is O=C1CCCC(=O)N1CCCC1C=C(Cl)NO1. The molecule has 1 unspecified atom stereocenters. The van der Waals surface area contributed by atoms with Crippen LogP contribution in [-0.2, 0) is 14.4 Å². The van der Waals surface area contributed by atoms with E-state index in [0.29, 0.717) is 31.0 Å². The molecule has 1 N–H and O–H groups in total. The number of imide groups is 1. The van der Waals surface area contributed by atoms with Gasteiger partial charge in [-0.05, 0) is 25.3 Å². The summed E-state index contributed by atoms with van der Waals surface area (Å²) < 4.78 is 0. The zero-order valence-corrected chi connectivity index (χ0v) is 10.2. The van der Waals surface area contributed by atoms with Crippen molar-refractivity contribution in [1.82, 2.24) is 10.4 Å². The van der Waals surface area contributed by atoms with Crippen LogP contribution in [0.3, 0.4) is 0 Å². The average molecular weight is 259 g/mol. The van der Waals surface area contributed by atoms with E-state index in [-0.39, 0.29) is 17.9 Å². The minimum atomic E-state index is -0.0718. The van der Waals surface area contributed by atoms with Gasteiger partial charge < -0.3 is 0 Å². The number of nitrogens with zero attached hydrogens (tertiary/aromatic N) is 1. The fourth-order valence-electron chi connectivity index (χ4n) is 2.01. The fourth-order valence-corrected chi connectivity index (χ4v) is 2.19. The third-order valence-corrected chi connectivity index (χ3v) is 3.10. The van der Waals surface area contributed by atoms with Crippen LogP contribution in [0.4, 0.5) is 0 Å². The van der Waals surface area contributed by atoms with Gasteiger partial charge in [-0.2, -0.15) is 0 Å². The van der Waals surface area contributed by atoms with Gasteiger partial charge in [0.05, 0.1) is 0 Å². The summed E-state index contributed by atoms with van der Waals surface area (Å²) in [4.78, 5) is 29.5. The first-order valence-corrected chi connectivity index (χ1v) is 6.17. The van der Waals surface area contributed by atoms with E-state index in [1.54, 1.807) is 6.08 Å². The molecular weight excluding hydrogens is 244 g/mol. The molecule has 2 aliphatic heterocycles. The Morgan fingerprint density at radius 3 is 2.71 bits per heavy atom. The summed E-state index contributed by atoms with van der Waals surface area (Å²) in [5, 5.41) is 0.486. The molecular formula is C11H15ClN2O3. The van der Waals surface area contributed by atoms with E-state index >= 15 is 0 Å². The molecule has 1 fully saturated rings. The maximum atomic E-state index is 11.5. The minimum absolute atomic E-state index is 0.0553. The molecule has 17 heavy (non-hydrogen) atoms. The number of carbonyl (C=O) groups excluding carboxylic acids is 2. The standard InChI is InChI=1S/C11H15ClN2O3/c12-9-7-8(17-13-9)3-2-6-14-10(15)4-1-5-11(14)16/h7-8,13H,1-6H2. The number of hydrogen-bond acceptors (Lipinski definition) is 4. The van der Waals surface area contributed by atoms with E-state index < -0.39 is 0 Å². The summed E-state index contributed by atoms with van der Waals surface area (Å²) in [5.74, 6) is -0.111. The van der Waals surface area contributed by atoms with Gasteiger partial charge in [-0.25, -0.2) is 0 Å². The molecule has 2 amide bonds. The zero-order chi connectivity index (χ0) is 12.3. The molecule has 1 atom stereocenters. The van der Waals surface area contributed by atoms with E-state index in [2.05, 4.69) is 5.48 Å². The van der Waals surface area contributed by atoms with Crippen LogP contribution in [0.25, 0.3) is 0 Å². The van der Waals surface area contributed by atoms with Crippen LogP contribution in [0.2, 0.25) is 0 Å². The summed E-state index contributed by atoms with van der Waals surface area (Å²) >= 11 is 5.69. The van der Waals surface area contributed by atoms with Crippen molar-refractivity contribution < 1.29 is 14.4 Å². The largest absolute Gasteiger partial charge is 0.283 e. The first-order chi connectivity index (χ1) is 8.16. The van der Waals surface area contributed by atoms with E-state index in [4.69, 9.17) is 16.4 Å². The van der Waals surface area contributed by atoms with Crippen LogP contribution < -0.4 is 5.48 Å². The molecule has 94 valence electrons. The van der Waals surface area contributed by atoms with Crippen molar-refractivity contribution in [2.24, 2.45) is 0 Å². The predicted octanol–water partition coefficient (Wildman–Crippen LogP) is 1.29. The van der Waals surface area contributed by atoms with Crippen molar-refractivity contribution in [3.8, 4) is 0 Å². The molecule has 2 aliphatic rings. The molecule has 0 radical (unpaired) electrons. The van der Waals surface area contributed by atoms with Crippen molar-refractivity contribution in [1.29, 1.82) is 0 Å². The van der Waals surface area contributed by atoms with Crippen molar-refractivity contribution in [2.45, 2.75) is 38.2 Å². The predicted molar refractivity (Wildman–Crippen MR) is 61.7 cm³/mol. The molecule has 0 saturated carbocycles. The molecule has 0 aromatic heterocycles. The van der Waals surface area contributed by atoms with E-state index in [1.165, 1.54) is 4.90 Å².